The van der Waals surface area contributed by atoms with Gasteiger partial charge in [-0.3, -0.25) is 4.98 Å². The van der Waals surface area contributed by atoms with Gasteiger partial charge in [0, 0.05) is 17.9 Å². The SMILES string of the molecule is NC(CCc1ccccn1)CC1Cc2ccccc21. The van der Waals surface area contributed by atoms with Crippen LogP contribution in [0.4, 0.5) is 0 Å². The van der Waals surface area contributed by atoms with Gasteiger partial charge in [-0.05, 0) is 54.9 Å². The minimum Gasteiger partial charge on any atom is -0.328 e. The summed E-state index contributed by atoms with van der Waals surface area (Å²) in [7, 11) is 0. The first-order chi connectivity index (χ1) is 9.33. The van der Waals surface area contributed by atoms with Crippen LogP contribution in [0.1, 0.15) is 35.6 Å². The zero-order chi connectivity index (χ0) is 13.1. The van der Waals surface area contributed by atoms with E-state index in [1.807, 2.05) is 18.3 Å². The first-order valence-electron chi connectivity index (χ1n) is 7.06. The molecule has 0 fully saturated rings. The van der Waals surface area contributed by atoms with Crippen LogP contribution in [-0.2, 0) is 12.8 Å². The number of hydrogen-bond donors (Lipinski definition) is 1. The van der Waals surface area contributed by atoms with Crippen molar-refractivity contribution in [2.75, 3.05) is 0 Å². The predicted octanol–water partition coefficient (Wildman–Crippen LogP) is 3.07. The lowest BCUT2D eigenvalue weighted by atomic mass is 9.74. The number of benzene rings is 1. The number of nitrogens with two attached hydrogens (primary N) is 1. The molecule has 1 aromatic heterocycles. The summed E-state index contributed by atoms with van der Waals surface area (Å²) >= 11 is 0. The molecular formula is C17H20N2. The second-order valence-corrected chi connectivity index (χ2v) is 5.46. The third-order valence-corrected chi connectivity index (χ3v) is 4.05. The molecule has 2 nitrogen and oxygen atoms in total. The van der Waals surface area contributed by atoms with Gasteiger partial charge >= 0.3 is 0 Å². The second-order valence-electron chi connectivity index (χ2n) is 5.46. The van der Waals surface area contributed by atoms with Gasteiger partial charge in [-0.2, -0.15) is 0 Å². The summed E-state index contributed by atoms with van der Waals surface area (Å²) in [6.45, 7) is 0. The second kappa shape index (κ2) is 5.54. The minimum atomic E-state index is 0.278. The van der Waals surface area contributed by atoms with Gasteiger partial charge in [0.15, 0.2) is 0 Å². The summed E-state index contributed by atoms with van der Waals surface area (Å²) in [6, 6.07) is 15.1. The van der Waals surface area contributed by atoms with Crippen molar-refractivity contribution in [1.82, 2.24) is 4.98 Å². The summed E-state index contributed by atoms with van der Waals surface area (Å²) in [5.74, 6) is 0.676. The van der Waals surface area contributed by atoms with Gasteiger partial charge in [-0.25, -0.2) is 0 Å². The Morgan fingerprint density at radius 1 is 1.16 bits per heavy atom. The lowest BCUT2D eigenvalue weighted by Crippen LogP contribution is -2.28. The molecule has 1 aliphatic rings. The molecule has 19 heavy (non-hydrogen) atoms. The number of rotatable bonds is 5. The van der Waals surface area contributed by atoms with Crippen molar-refractivity contribution in [2.45, 2.75) is 37.6 Å². The molecule has 2 unspecified atom stereocenters. The maximum Gasteiger partial charge on any atom is 0.0404 e. The first kappa shape index (κ1) is 12.4. The molecule has 1 aliphatic carbocycles. The molecule has 0 amide bonds. The van der Waals surface area contributed by atoms with E-state index in [-0.39, 0.29) is 6.04 Å². The van der Waals surface area contributed by atoms with Crippen LogP contribution >= 0.6 is 0 Å². The van der Waals surface area contributed by atoms with E-state index in [0.29, 0.717) is 5.92 Å². The highest BCUT2D eigenvalue weighted by Crippen LogP contribution is 2.38. The molecule has 2 atom stereocenters. The molecule has 98 valence electrons. The Kier molecular flexibility index (Phi) is 3.60. The smallest absolute Gasteiger partial charge is 0.0404 e. The van der Waals surface area contributed by atoms with E-state index in [9.17, 15) is 0 Å². The van der Waals surface area contributed by atoms with Crippen molar-refractivity contribution in [3.05, 3.63) is 65.5 Å². The lowest BCUT2D eigenvalue weighted by molar-refractivity contribution is 0.466. The number of nitrogens with zero attached hydrogens (tertiary/aromatic N) is 1. The topological polar surface area (TPSA) is 38.9 Å². The van der Waals surface area contributed by atoms with Gasteiger partial charge in [-0.1, -0.05) is 30.3 Å². The van der Waals surface area contributed by atoms with Crippen LogP contribution in [-0.4, -0.2) is 11.0 Å². The van der Waals surface area contributed by atoms with Gasteiger partial charge in [0.25, 0.3) is 0 Å². The maximum absolute atomic E-state index is 6.26. The van der Waals surface area contributed by atoms with Crippen LogP contribution in [0.15, 0.2) is 48.7 Å². The van der Waals surface area contributed by atoms with Crippen molar-refractivity contribution in [3.8, 4) is 0 Å². The first-order valence-corrected chi connectivity index (χ1v) is 7.06. The van der Waals surface area contributed by atoms with E-state index >= 15 is 0 Å². The molecule has 0 radical (unpaired) electrons. The molecular weight excluding hydrogens is 232 g/mol. The van der Waals surface area contributed by atoms with Crippen molar-refractivity contribution in [3.63, 3.8) is 0 Å². The van der Waals surface area contributed by atoms with Crippen molar-refractivity contribution >= 4 is 0 Å². The molecule has 0 aliphatic heterocycles. The average Bonchev–Trinajstić information content (AvgIpc) is 2.44. The van der Waals surface area contributed by atoms with Gasteiger partial charge in [0.05, 0.1) is 0 Å². The van der Waals surface area contributed by atoms with Crippen LogP contribution < -0.4 is 5.73 Å². The normalized spacial score (nSPS) is 18.5. The highest BCUT2D eigenvalue weighted by Gasteiger charge is 2.26. The number of pyridine rings is 1. The Bertz CT molecular complexity index is 536. The van der Waals surface area contributed by atoms with E-state index in [4.69, 9.17) is 5.73 Å². The van der Waals surface area contributed by atoms with Crippen molar-refractivity contribution < 1.29 is 0 Å². The fraction of sp³-hybridized carbons (Fsp3) is 0.353. The molecule has 2 aromatic rings. The van der Waals surface area contributed by atoms with Crippen molar-refractivity contribution in [2.24, 2.45) is 5.73 Å². The maximum atomic E-state index is 6.26. The fourth-order valence-electron chi connectivity index (χ4n) is 2.94. The summed E-state index contributed by atoms with van der Waals surface area (Å²) in [4.78, 5) is 4.34. The van der Waals surface area contributed by atoms with Crippen LogP contribution in [0.5, 0.6) is 0 Å². The van der Waals surface area contributed by atoms with Crippen LogP contribution in [0.3, 0.4) is 0 Å². The van der Waals surface area contributed by atoms with Gasteiger partial charge in [0.1, 0.15) is 0 Å². The Hall–Kier alpha value is -1.67. The van der Waals surface area contributed by atoms with E-state index in [2.05, 4.69) is 35.3 Å². The molecule has 1 aromatic carbocycles. The third kappa shape index (κ3) is 2.85. The quantitative estimate of drug-likeness (QED) is 0.888. The zero-order valence-corrected chi connectivity index (χ0v) is 11.1. The monoisotopic (exact) mass is 252 g/mol. The largest absolute Gasteiger partial charge is 0.328 e. The Morgan fingerprint density at radius 2 is 2.00 bits per heavy atom. The highest BCUT2D eigenvalue weighted by atomic mass is 14.7. The summed E-state index contributed by atoms with van der Waals surface area (Å²) < 4.78 is 0. The minimum absolute atomic E-state index is 0.278. The number of aryl methyl sites for hydroxylation is 1. The molecule has 0 saturated carbocycles. The molecule has 1 heterocycles. The van der Waals surface area contributed by atoms with Gasteiger partial charge < -0.3 is 5.73 Å². The average molecular weight is 252 g/mol. The Labute approximate surface area is 114 Å². The number of fused-ring (bicyclic) bond motifs is 1. The summed E-state index contributed by atoms with van der Waals surface area (Å²) in [5, 5.41) is 0. The third-order valence-electron chi connectivity index (χ3n) is 4.05. The van der Waals surface area contributed by atoms with Crippen LogP contribution in [0.2, 0.25) is 0 Å². The molecule has 3 rings (SSSR count). The molecule has 0 spiro atoms. The van der Waals surface area contributed by atoms with Crippen LogP contribution in [0.25, 0.3) is 0 Å². The predicted molar refractivity (Wildman–Crippen MR) is 78.0 cm³/mol. The van der Waals surface area contributed by atoms with E-state index in [1.165, 1.54) is 17.5 Å². The summed E-state index contributed by atoms with van der Waals surface area (Å²) in [6.07, 6.45) is 6.16. The van der Waals surface area contributed by atoms with Gasteiger partial charge in [0.2, 0.25) is 0 Å². The van der Waals surface area contributed by atoms with Crippen molar-refractivity contribution in [1.29, 1.82) is 0 Å². The Balaban J connectivity index is 1.49. The number of hydrogen-bond acceptors (Lipinski definition) is 2. The molecule has 0 saturated heterocycles. The standard InChI is InChI=1S/C17H20N2/c18-15(8-9-16-6-3-4-10-19-16)12-14-11-13-5-1-2-7-17(13)14/h1-7,10,14-15H,8-9,11-12,18H2. The van der Waals surface area contributed by atoms with Gasteiger partial charge in [-0.15, -0.1) is 0 Å². The van der Waals surface area contributed by atoms with E-state index < -0.39 is 0 Å². The molecule has 2 N–H and O–H groups in total. The van der Waals surface area contributed by atoms with Crippen LogP contribution in [0, 0.1) is 0 Å². The lowest BCUT2D eigenvalue weighted by Gasteiger charge is -2.32. The Morgan fingerprint density at radius 3 is 2.79 bits per heavy atom. The zero-order valence-electron chi connectivity index (χ0n) is 11.1. The molecule has 2 heteroatoms. The van der Waals surface area contributed by atoms with E-state index in [0.717, 1.165) is 25.0 Å². The summed E-state index contributed by atoms with van der Waals surface area (Å²) in [5.41, 5.74) is 10.4. The van der Waals surface area contributed by atoms with E-state index in [1.54, 1.807) is 0 Å². The number of aromatic nitrogens is 1. The fourth-order valence-corrected chi connectivity index (χ4v) is 2.94. The molecule has 0 bridgehead atoms. The highest BCUT2D eigenvalue weighted by molar-refractivity contribution is 5.39.